The third-order valence-electron chi connectivity index (χ3n) is 6.03. The van der Waals surface area contributed by atoms with Gasteiger partial charge in [-0.2, -0.15) is 23.4 Å². The molecule has 0 fully saturated rings. The first kappa shape index (κ1) is 21.9. The van der Waals surface area contributed by atoms with E-state index in [0.717, 1.165) is 16.3 Å². The SMILES string of the molecule is COc1cc(C(=O)N2CCc3c(nn(C)c3-c3cc(C(F)(F)F)n(C)n3)C2)c2ccccc2n1. The van der Waals surface area contributed by atoms with Crippen LogP contribution >= 0.6 is 0 Å². The second kappa shape index (κ2) is 7.86. The maximum absolute atomic E-state index is 13.5. The number of aryl methyl sites for hydroxylation is 2. The van der Waals surface area contributed by atoms with E-state index in [9.17, 15) is 18.0 Å². The number of ether oxygens (including phenoxy) is 1. The minimum atomic E-state index is -4.50. The molecular weight excluding hydrogens is 449 g/mol. The molecule has 1 aromatic carbocycles. The van der Waals surface area contributed by atoms with Crippen molar-refractivity contribution in [1.29, 1.82) is 0 Å². The van der Waals surface area contributed by atoms with Crippen molar-refractivity contribution in [3.8, 4) is 17.3 Å². The average molecular weight is 470 g/mol. The van der Waals surface area contributed by atoms with E-state index >= 15 is 0 Å². The largest absolute Gasteiger partial charge is 0.481 e. The Kier molecular flexibility index (Phi) is 5.07. The number of hydrogen-bond donors (Lipinski definition) is 0. The summed E-state index contributed by atoms with van der Waals surface area (Å²) < 4.78 is 47.4. The number of nitrogens with zero attached hydrogens (tertiary/aromatic N) is 6. The van der Waals surface area contributed by atoms with E-state index in [4.69, 9.17) is 4.74 Å². The van der Waals surface area contributed by atoms with Gasteiger partial charge in [-0.3, -0.25) is 14.2 Å². The smallest absolute Gasteiger partial charge is 0.433 e. The van der Waals surface area contributed by atoms with Gasteiger partial charge in [-0.25, -0.2) is 4.98 Å². The fraction of sp³-hybridized carbons (Fsp3) is 0.304. The summed E-state index contributed by atoms with van der Waals surface area (Å²) in [7, 11) is 4.43. The number of alkyl halides is 3. The second-order valence-electron chi connectivity index (χ2n) is 8.14. The summed E-state index contributed by atoms with van der Waals surface area (Å²) in [6, 6.07) is 9.99. The number of fused-ring (bicyclic) bond motifs is 2. The standard InChI is InChI=1S/C23H21F3N6O2/c1-30-19(23(24,25)26)11-17(28-30)21-14-8-9-32(12-18(14)29-31(21)2)22(33)15-10-20(34-3)27-16-7-5-4-6-13(15)16/h4-7,10-11H,8-9,12H2,1-3H3. The number of hydrogen-bond acceptors (Lipinski definition) is 5. The van der Waals surface area contributed by atoms with Gasteiger partial charge < -0.3 is 9.64 Å². The zero-order chi connectivity index (χ0) is 24.2. The summed E-state index contributed by atoms with van der Waals surface area (Å²) in [6.07, 6.45) is -4.06. The molecule has 4 aromatic rings. The van der Waals surface area contributed by atoms with Crippen LogP contribution in [0, 0.1) is 0 Å². The zero-order valence-corrected chi connectivity index (χ0v) is 18.7. The zero-order valence-electron chi connectivity index (χ0n) is 18.7. The van der Waals surface area contributed by atoms with Crippen molar-refractivity contribution < 1.29 is 22.7 Å². The van der Waals surface area contributed by atoms with Gasteiger partial charge in [0.1, 0.15) is 11.4 Å². The van der Waals surface area contributed by atoms with E-state index in [2.05, 4.69) is 15.2 Å². The number of amides is 1. The van der Waals surface area contributed by atoms with Gasteiger partial charge in [0.05, 0.1) is 36.1 Å². The molecule has 1 amide bonds. The summed E-state index contributed by atoms with van der Waals surface area (Å²) in [6.45, 7) is 0.627. The highest BCUT2D eigenvalue weighted by Crippen LogP contribution is 2.35. The molecule has 1 aliphatic rings. The Morgan fingerprint density at radius 1 is 1.09 bits per heavy atom. The van der Waals surface area contributed by atoms with Crippen LogP contribution in [-0.4, -0.2) is 49.0 Å². The summed E-state index contributed by atoms with van der Waals surface area (Å²) in [4.78, 5) is 19.6. The number of para-hydroxylation sites is 1. The highest BCUT2D eigenvalue weighted by atomic mass is 19.4. The van der Waals surface area contributed by atoms with Gasteiger partial charge in [0.2, 0.25) is 5.88 Å². The number of carbonyl (C=O) groups excluding carboxylic acids is 1. The van der Waals surface area contributed by atoms with E-state index < -0.39 is 11.9 Å². The molecule has 0 spiro atoms. The van der Waals surface area contributed by atoms with Gasteiger partial charge in [-0.05, 0) is 18.6 Å². The summed E-state index contributed by atoms with van der Waals surface area (Å²) in [5.41, 5.74) is 2.47. The number of aromatic nitrogens is 5. The molecule has 0 N–H and O–H groups in total. The number of benzene rings is 1. The van der Waals surface area contributed by atoms with E-state index in [-0.39, 0.29) is 18.1 Å². The van der Waals surface area contributed by atoms with Gasteiger partial charge in [-0.1, -0.05) is 18.2 Å². The molecule has 34 heavy (non-hydrogen) atoms. The second-order valence-corrected chi connectivity index (χ2v) is 8.14. The third kappa shape index (κ3) is 3.57. The topological polar surface area (TPSA) is 78.1 Å². The molecule has 1 aliphatic heterocycles. The first-order chi connectivity index (χ1) is 16.2. The Labute approximate surface area is 192 Å². The molecule has 3 aromatic heterocycles. The van der Waals surface area contributed by atoms with Crippen molar-refractivity contribution in [3.63, 3.8) is 0 Å². The fourth-order valence-corrected chi connectivity index (χ4v) is 4.46. The van der Waals surface area contributed by atoms with Crippen LogP contribution in [-0.2, 0) is 33.2 Å². The number of methoxy groups -OCH3 is 1. The minimum absolute atomic E-state index is 0.188. The lowest BCUT2D eigenvalue weighted by molar-refractivity contribution is -0.143. The Balaban J connectivity index is 1.49. The fourth-order valence-electron chi connectivity index (χ4n) is 4.46. The van der Waals surface area contributed by atoms with Crippen molar-refractivity contribution in [3.05, 3.63) is 58.9 Å². The number of pyridine rings is 1. The third-order valence-corrected chi connectivity index (χ3v) is 6.03. The van der Waals surface area contributed by atoms with Crippen molar-refractivity contribution in [2.24, 2.45) is 14.1 Å². The molecule has 0 radical (unpaired) electrons. The van der Waals surface area contributed by atoms with Gasteiger partial charge >= 0.3 is 6.18 Å². The van der Waals surface area contributed by atoms with Gasteiger partial charge in [-0.15, -0.1) is 0 Å². The Bertz CT molecular complexity index is 1420. The van der Waals surface area contributed by atoms with Crippen LogP contribution in [0.5, 0.6) is 5.88 Å². The predicted molar refractivity (Wildman–Crippen MR) is 117 cm³/mol. The Morgan fingerprint density at radius 3 is 2.56 bits per heavy atom. The van der Waals surface area contributed by atoms with E-state index in [0.29, 0.717) is 46.7 Å². The lowest BCUT2D eigenvalue weighted by Crippen LogP contribution is -2.36. The molecule has 0 atom stereocenters. The summed E-state index contributed by atoms with van der Waals surface area (Å²) in [5.74, 6) is 0.155. The van der Waals surface area contributed by atoms with Crippen LogP contribution in [0.2, 0.25) is 0 Å². The van der Waals surface area contributed by atoms with Gasteiger partial charge in [0.15, 0.2) is 0 Å². The van der Waals surface area contributed by atoms with Gasteiger partial charge in [0.25, 0.3) is 5.91 Å². The Hall–Kier alpha value is -3.89. The van der Waals surface area contributed by atoms with Gasteiger partial charge in [0, 0.05) is 37.7 Å². The first-order valence-corrected chi connectivity index (χ1v) is 10.6. The molecule has 176 valence electrons. The lowest BCUT2D eigenvalue weighted by Gasteiger charge is -2.27. The van der Waals surface area contributed by atoms with Crippen molar-refractivity contribution in [2.75, 3.05) is 13.7 Å². The first-order valence-electron chi connectivity index (χ1n) is 10.6. The van der Waals surface area contributed by atoms with E-state index in [1.807, 2.05) is 24.3 Å². The number of rotatable bonds is 3. The average Bonchev–Trinajstić information content (AvgIpc) is 3.35. The number of halogens is 3. The van der Waals surface area contributed by atoms with Crippen LogP contribution in [0.1, 0.15) is 27.3 Å². The molecule has 0 unspecified atom stereocenters. The maximum atomic E-state index is 13.5. The molecular formula is C23H21F3N6O2. The normalized spacial score (nSPS) is 13.9. The molecule has 0 bridgehead atoms. The van der Waals surface area contributed by atoms with Crippen LogP contribution in [0.25, 0.3) is 22.3 Å². The van der Waals surface area contributed by atoms with E-state index in [1.165, 1.54) is 18.8 Å². The van der Waals surface area contributed by atoms with Crippen LogP contribution in [0.4, 0.5) is 13.2 Å². The molecule has 11 heteroatoms. The van der Waals surface area contributed by atoms with Crippen LogP contribution in [0.3, 0.4) is 0 Å². The molecule has 0 saturated heterocycles. The number of carbonyl (C=O) groups is 1. The van der Waals surface area contributed by atoms with E-state index in [1.54, 1.807) is 18.0 Å². The predicted octanol–water partition coefficient (Wildman–Crippen LogP) is 3.59. The molecule has 4 heterocycles. The lowest BCUT2D eigenvalue weighted by atomic mass is 10.0. The summed E-state index contributed by atoms with van der Waals surface area (Å²) in [5, 5.41) is 9.30. The summed E-state index contributed by atoms with van der Waals surface area (Å²) >= 11 is 0. The maximum Gasteiger partial charge on any atom is 0.433 e. The highest BCUT2D eigenvalue weighted by molar-refractivity contribution is 6.06. The molecule has 8 nitrogen and oxygen atoms in total. The highest BCUT2D eigenvalue weighted by Gasteiger charge is 2.36. The molecule has 0 saturated carbocycles. The Morgan fingerprint density at radius 2 is 1.85 bits per heavy atom. The quantitative estimate of drug-likeness (QED) is 0.457. The van der Waals surface area contributed by atoms with Crippen LogP contribution in [0.15, 0.2) is 36.4 Å². The van der Waals surface area contributed by atoms with Crippen molar-refractivity contribution in [1.82, 2.24) is 29.4 Å². The molecule has 0 aliphatic carbocycles. The monoisotopic (exact) mass is 470 g/mol. The van der Waals surface area contributed by atoms with Crippen molar-refractivity contribution >= 4 is 16.8 Å². The minimum Gasteiger partial charge on any atom is -0.481 e. The van der Waals surface area contributed by atoms with Crippen molar-refractivity contribution in [2.45, 2.75) is 19.1 Å². The molecule has 5 rings (SSSR count). The van der Waals surface area contributed by atoms with Crippen LogP contribution < -0.4 is 4.74 Å².